The molecular weight excluding hydrogens is 383 g/mol. The van der Waals surface area contributed by atoms with Gasteiger partial charge in [-0.1, -0.05) is 32.4 Å². The van der Waals surface area contributed by atoms with Crippen LogP contribution in [0.3, 0.4) is 0 Å². The van der Waals surface area contributed by atoms with E-state index < -0.39 is 39.9 Å². The van der Waals surface area contributed by atoms with E-state index in [-0.39, 0.29) is 30.0 Å². The minimum atomic E-state index is -1.76. The minimum Gasteiger partial charge on any atom is -0.388 e. The van der Waals surface area contributed by atoms with E-state index in [2.05, 4.69) is 0 Å². The lowest BCUT2D eigenvalue weighted by molar-refractivity contribution is -0.174. The molecule has 0 aromatic carbocycles. The molecule has 0 saturated heterocycles. The molecule has 0 aliphatic heterocycles. The number of halogens is 2. The molecule has 6 heteroatoms. The predicted octanol–water partition coefficient (Wildman–Crippen LogP) is 3.14. The lowest BCUT2D eigenvalue weighted by Crippen LogP contribution is -2.68. The molecule has 4 nitrogen and oxygen atoms in total. The zero-order valence-electron chi connectivity index (χ0n) is 16.5. The topological polar surface area (TPSA) is 74.6 Å². The second kappa shape index (κ2) is 5.99. The average molecular weight is 411 g/mol. The van der Waals surface area contributed by atoms with Crippen LogP contribution in [0.1, 0.15) is 46.5 Å². The molecule has 28 heavy (non-hydrogen) atoms. The largest absolute Gasteiger partial charge is 0.388 e. The monoisotopic (exact) mass is 410 g/mol. The van der Waals surface area contributed by atoms with E-state index in [9.17, 15) is 19.8 Å². The van der Waals surface area contributed by atoms with Gasteiger partial charge in [-0.05, 0) is 55.6 Å². The number of rotatable bonds is 2. The summed E-state index contributed by atoms with van der Waals surface area (Å²) in [6.07, 6.45) is 5.12. The highest BCUT2D eigenvalue weighted by atomic mass is 35.5. The van der Waals surface area contributed by atoms with Gasteiger partial charge in [-0.15, -0.1) is 11.6 Å². The summed E-state index contributed by atoms with van der Waals surface area (Å²) in [4.78, 5) is 23.2. The fourth-order valence-electron chi connectivity index (χ4n) is 7.20. The molecule has 4 aliphatic rings. The van der Waals surface area contributed by atoms with Gasteiger partial charge in [0.25, 0.3) is 0 Å². The van der Waals surface area contributed by atoms with Crippen LogP contribution in [0.15, 0.2) is 23.8 Å². The Morgan fingerprint density at radius 3 is 2.68 bits per heavy atom. The van der Waals surface area contributed by atoms with Gasteiger partial charge < -0.3 is 10.2 Å². The Labute approximate surface area is 169 Å². The zero-order valence-corrected chi connectivity index (χ0v) is 17.3. The number of alkyl halides is 2. The molecule has 4 aliphatic carbocycles. The molecule has 0 aromatic rings. The van der Waals surface area contributed by atoms with Crippen molar-refractivity contribution in [1.82, 2.24) is 0 Å². The summed E-state index contributed by atoms with van der Waals surface area (Å²) in [6.45, 7) is 4.73. The van der Waals surface area contributed by atoms with Crippen molar-refractivity contribution < 1.29 is 24.2 Å². The van der Waals surface area contributed by atoms with E-state index in [1.54, 1.807) is 26.0 Å². The Balaban J connectivity index is 1.84. The molecule has 154 valence electrons. The normalized spacial score (nSPS) is 52.5. The molecule has 0 radical (unpaired) electrons. The highest BCUT2D eigenvalue weighted by molar-refractivity contribution is 6.26. The number of Topliss-reactive ketones (excluding diaryl/α,β-unsaturated/α-hetero) is 1. The second-order valence-corrected chi connectivity index (χ2v) is 10.3. The molecule has 3 saturated carbocycles. The minimum absolute atomic E-state index is 0.0467. The number of carbonyl (C=O) groups is 2. The maximum atomic E-state index is 16.0. The van der Waals surface area contributed by atoms with Crippen molar-refractivity contribution in [3.8, 4) is 0 Å². The molecule has 0 bridgehead atoms. The molecule has 0 aromatic heterocycles. The molecule has 0 unspecified atom stereocenters. The van der Waals surface area contributed by atoms with E-state index in [0.29, 0.717) is 19.3 Å². The number of fused-ring (bicyclic) bond motifs is 5. The van der Waals surface area contributed by atoms with Crippen molar-refractivity contribution in [2.45, 2.75) is 63.1 Å². The summed E-state index contributed by atoms with van der Waals surface area (Å²) in [7, 11) is 0. The number of allylic oxidation sites excluding steroid dienone is 4. The Hall–Kier alpha value is -1.04. The molecular formula is C22H28ClFO4. The third-order valence-electron chi connectivity index (χ3n) is 8.75. The van der Waals surface area contributed by atoms with Gasteiger partial charge in [0.15, 0.2) is 11.6 Å². The van der Waals surface area contributed by atoms with Gasteiger partial charge in [0.2, 0.25) is 0 Å². The van der Waals surface area contributed by atoms with E-state index in [1.165, 1.54) is 6.08 Å². The first-order chi connectivity index (χ1) is 13.0. The Kier molecular flexibility index (Phi) is 4.33. The number of hydrogen-bond donors (Lipinski definition) is 2. The molecule has 4 rings (SSSR count). The van der Waals surface area contributed by atoms with Crippen molar-refractivity contribution in [2.24, 2.45) is 28.6 Å². The van der Waals surface area contributed by atoms with Crippen LogP contribution in [-0.2, 0) is 9.59 Å². The van der Waals surface area contributed by atoms with Gasteiger partial charge in [0.05, 0.1) is 4.87 Å². The molecule has 8 atom stereocenters. The highest BCUT2D eigenvalue weighted by Crippen LogP contribution is 2.71. The van der Waals surface area contributed by atoms with Crippen molar-refractivity contribution in [3.63, 3.8) is 0 Å². The van der Waals surface area contributed by atoms with Crippen LogP contribution < -0.4 is 0 Å². The highest BCUT2D eigenvalue weighted by Gasteiger charge is 2.74. The van der Waals surface area contributed by atoms with Crippen LogP contribution >= 0.6 is 11.6 Å². The van der Waals surface area contributed by atoms with Gasteiger partial charge in [0, 0.05) is 10.8 Å². The third-order valence-corrected chi connectivity index (χ3v) is 9.66. The van der Waals surface area contributed by atoms with E-state index >= 15 is 4.39 Å². The average Bonchev–Trinajstić information content (AvgIpc) is 2.84. The smallest absolute Gasteiger partial charge is 0.190 e. The van der Waals surface area contributed by atoms with Crippen LogP contribution in [0, 0.1) is 28.6 Å². The summed E-state index contributed by atoms with van der Waals surface area (Å²) in [5.74, 6) is -1.51. The molecule has 3 fully saturated rings. The zero-order chi connectivity index (χ0) is 20.7. The second-order valence-electron chi connectivity index (χ2n) is 9.70. The van der Waals surface area contributed by atoms with E-state index in [4.69, 9.17) is 11.6 Å². The van der Waals surface area contributed by atoms with Crippen molar-refractivity contribution in [3.05, 3.63) is 23.8 Å². The Bertz CT molecular complexity index is 808. The van der Waals surface area contributed by atoms with Crippen LogP contribution in [0.2, 0.25) is 0 Å². The standard InChI is InChI=1S/C22H28ClFO4/c1-12-8-16-15-5-4-13-9-14(26)6-7-19(13,2)21(15,23)17(24)10-20(16,3)22(12,28)18(27)11-25/h6-7,9,12,15-17,25,28H,4-5,8,10-11H2,1-3H3/t12-,15-,16-,17-,19-,20-,21-,22-/m0/s1. The maximum absolute atomic E-state index is 16.0. The van der Waals surface area contributed by atoms with Crippen molar-refractivity contribution >= 4 is 23.2 Å². The quantitative estimate of drug-likeness (QED) is 0.686. The number of hydrogen-bond acceptors (Lipinski definition) is 4. The summed E-state index contributed by atoms with van der Waals surface area (Å²) in [6, 6.07) is 0. The number of ketones is 2. The van der Waals surface area contributed by atoms with Gasteiger partial charge in [-0.3, -0.25) is 9.59 Å². The summed E-state index contributed by atoms with van der Waals surface area (Å²) >= 11 is 7.18. The van der Waals surface area contributed by atoms with E-state index in [1.807, 2.05) is 6.92 Å². The molecule has 2 N–H and O–H groups in total. The predicted molar refractivity (Wildman–Crippen MR) is 104 cm³/mol. The summed E-state index contributed by atoms with van der Waals surface area (Å²) in [5.41, 5.74) is -2.66. The van der Waals surface area contributed by atoms with Crippen molar-refractivity contribution in [1.29, 1.82) is 0 Å². The molecule has 0 heterocycles. The molecule has 0 amide bonds. The van der Waals surface area contributed by atoms with Gasteiger partial charge in [-0.25, -0.2) is 4.39 Å². The van der Waals surface area contributed by atoms with Gasteiger partial charge >= 0.3 is 0 Å². The van der Waals surface area contributed by atoms with E-state index in [0.717, 1.165) is 5.57 Å². The lowest BCUT2D eigenvalue weighted by atomic mass is 9.46. The van der Waals surface area contributed by atoms with Gasteiger partial charge in [0.1, 0.15) is 18.4 Å². The fourth-order valence-corrected chi connectivity index (χ4v) is 7.72. The van der Waals surface area contributed by atoms with Crippen LogP contribution in [0.25, 0.3) is 0 Å². The number of aliphatic hydroxyl groups is 2. The first kappa shape index (κ1) is 20.2. The maximum Gasteiger partial charge on any atom is 0.190 e. The van der Waals surface area contributed by atoms with Crippen LogP contribution in [-0.4, -0.2) is 45.0 Å². The Morgan fingerprint density at radius 2 is 2.04 bits per heavy atom. The van der Waals surface area contributed by atoms with Crippen LogP contribution in [0.5, 0.6) is 0 Å². The SMILES string of the molecule is C[C@H]1C[C@H]2[C@@H]3CCC4=CC(=O)C=C[C@]4(C)[C@@]3(Cl)[C@@H](F)C[C@]2(C)[C@@]1(O)C(=O)CO. The number of carbonyl (C=O) groups excluding carboxylic acids is 2. The summed E-state index contributed by atoms with van der Waals surface area (Å²) < 4.78 is 16.0. The first-order valence-corrected chi connectivity index (χ1v) is 10.5. The fraction of sp³-hybridized carbons (Fsp3) is 0.727. The first-order valence-electron chi connectivity index (χ1n) is 10.1. The molecule has 0 spiro atoms. The van der Waals surface area contributed by atoms with Gasteiger partial charge in [-0.2, -0.15) is 0 Å². The Morgan fingerprint density at radius 1 is 1.36 bits per heavy atom. The third kappa shape index (κ3) is 2.08. The van der Waals surface area contributed by atoms with Crippen molar-refractivity contribution in [2.75, 3.05) is 6.61 Å². The lowest BCUT2D eigenvalue weighted by Gasteiger charge is -2.63. The number of aliphatic hydroxyl groups excluding tert-OH is 1. The summed E-state index contributed by atoms with van der Waals surface area (Å²) in [5, 5.41) is 20.9. The van der Waals surface area contributed by atoms with Crippen LogP contribution in [0.4, 0.5) is 4.39 Å².